The second-order valence-corrected chi connectivity index (χ2v) is 4.98. The predicted octanol–water partition coefficient (Wildman–Crippen LogP) is 2.06. The van der Waals surface area contributed by atoms with E-state index in [0.29, 0.717) is 11.2 Å². The monoisotopic (exact) mass is 329 g/mol. The van der Waals surface area contributed by atoms with E-state index in [2.05, 4.69) is 40.5 Å². The van der Waals surface area contributed by atoms with Gasteiger partial charge < -0.3 is 11.1 Å². The zero-order chi connectivity index (χ0) is 12.1. The number of piperidine rings is 1. The molecule has 3 nitrogen and oxygen atoms in total. The summed E-state index contributed by atoms with van der Waals surface area (Å²) < 4.78 is 0. The van der Waals surface area contributed by atoms with Crippen LogP contribution in [0.4, 0.5) is 0 Å². The maximum absolute atomic E-state index is 5.49. The van der Waals surface area contributed by atoms with E-state index in [-0.39, 0.29) is 17.0 Å². The molecule has 3 N–H and O–H groups in total. The lowest BCUT2D eigenvalue weighted by Crippen LogP contribution is -2.45. The number of nitrogens with one attached hydrogen (secondary N) is 1. The Morgan fingerprint density at radius 2 is 1.89 bits per heavy atom. The number of nitrogens with two attached hydrogens (primary N) is 1. The van der Waals surface area contributed by atoms with Crippen LogP contribution in [0.25, 0.3) is 0 Å². The average Bonchev–Trinajstić information content (AvgIpc) is 2.32. The third-order valence-corrected chi connectivity index (χ3v) is 3.30. The molecule has 0 saturated carbocycles. The number of hydrogen-bond acceptors (Lipinski definition) is 2. The first kappa shape index (κ1) is 15.4. The maximum atomic E-state index is 5.49. The fraction of sp³-hybridized carbons (Fsp3) is 0.462. The molecule has 0 unspecified atom stereocenters. The molecule has 1 aromatic rings. The molecule has 1 aliphatic heterocycles. The molecule has 100 valence electrons. The zero-order valence-corrected chi connectivity index (χ0v) is 12.9. The number of nitrogens with zero attached hydrogens (tertiary/aromatic N) is 1. The summed E-state index contributed by atoms with van der Waals surface area (Å²) in [5, 5.41) is 3.57. The van der Waals surface area contributed by atoms with Crippen molar-refractivity contribution >= 4 is 34.3 Å². The Labute approximate surface area is 125 Å². The molecule has 0 spiro atoms. The molecule has 0 amide bonds. The largest absolute Gasteiger partial charge is 0.376 e. The van der Waals surface area contributed by atoms with Crippen molar-refractivity contribution in [3.05, 3.63) is 35.9 Å². The molecule has 0 aliphatic carbocycles. The van der Waals surface area contributed by atoms with Crippen LogP contribution in [-0.2, 0) is 6.54 Å². The smallest absolute Gasteiger partial charge is 0.163 e. The van der Waals surface area contributed by atoms with Gasteiger partial charge in [0.2, 0.25) is 0 Å². The van der Waals surface area contributed by atoms with Crippen molar-refractivity contribution < 1.29 is 0 Å². The third-order valence-electron chi connectivity index (χ3n) is 3.18. The molecule has 5 heteroatoms. The zero-order valence-electron chi connectivity index (χ0n) is 10.3. The summed E-state index contributed by atoms with van der Waals surface area (Å²) in [7, 11) is 0. The van der Waals surface area contributed by atoms with E-state index in [9.17, 15) is 0 Å². The molecular weight excluding hydrogens is 310 g/mol. The Morgan fingerprint density at radius 1 is 1.28 bits per heavy atom. The van der Waals surface area contributed by atoms with Crippen molar-refractivity contribution in [1.82, 2.24) is 10.2 Å². The summed E-state index contributed by atoms with van der Waals surface area (Å²) in [4.78, 5) is 2.48. The molecule has 1 aromatic carbocycles. The first-order valence-electron chi connectivity index (χ1n) is 6.06. The van der Waals surface area contributed by atoms with Crippen LogP contribution in [0, 0.1) is 0 Å². The highest BCUT2D eigenvalue weighted by atomic mass is 79.9. The van der Waals surface area contributed by atoms with Crippen LogP contribution in [0.3, 0.4) is 0 Å². The Balaban J connectivity index is 0.00000162. The Hall–Kier alpha value is -0.650. The quantitative estimate of drug-likeness (QED) is 0.833. The van der Waals surface area contributed by atoms with Crippen molar-refractivity contribution in [1.29, 1.82) is 0 Å². The van der Waals surface area contributed by atoms with Gasteiger partial charge in [0, 0.05) is 25.7 Å². The highest BCUT2D eigenvalue weighted by Crippen LogP contribution is 2.13. The number of benzene rings is 1. The molecule has 0 radical (unpaired) electrons. The minimum Gasteiger partial charge on any atom is -0.376 e. The van der Waals surface area contributed by atoms with Gasteiger partial charge in [0.05, 0.1) is 0 Å². The van der Waals surface area contributed by atoms with Gasteiger partial charge in [0.1, 0.15) is 0 Å². The van der Waals surface area contributed by atoms with Gasteiger partial charge in [0.15, 0.2) is 5.11 Å². The fourth-order valence-corrected chi connectivity index (χ4v) is 2.44. The first-order chi connectivity index (χ1) is 8.24. The van der Waals surface area contributed by atoms with Gasteiger partial charge in [-0.15, -0.1) is 17.0 Å². The maximum Gasteiger partial charge on any atom is 0.163 e. The van der Waals surface area contributed by atoms with E-state index in [1.807, 2.05) is 0 Å². The van der Waals surface area contributed by atoms with E-state index in [4.69, 9.17) is 18.0 Å². The first-order valence-corrected chi connectivity index (χ1v) is 6.47. The number of rotatable bonds is 3. The Kier molecular flexibility index (Phi) is 6.60. The van der Waals surface area contributed by atoms with Crippen molar-refractivity contribution in [3.8, 4) is 0 Å². The number of likely N-dealkylation sites (tertiary alicyclic amines) is 1. The van der Waals surface area contributed by atoms with Gasteiger partial charge in [-0.05, 0) is 30.6 Å². The normalized spacial score (nSPS) is 16.9. The molecule has 18 heavy (non-hydrogen) atoms. The van der Waals surface area contributed by atoms with E-state index in [1.165, 1.54) is 5.56 Å². The Bertz CT molecular complexity index is 364. The van der Waals surface area contributed by atoms with Gasteiger partial charge in [-0.3, -0.25) is 4.90 Å². The van der Waals surface area contributed by atoms with Crippen LogP contribution in [-0.4, -0.2) is 29.1 Å². The van der Waals surface area contributed by atoms with Crippen molar-refractivity contribution in [3.63, 3.8) is 0 Å². The molecule has 1 heterocycles. The second-order valence-electron chi connectivity index (χ2n) is 4.54. The summed E-state index contributed by atoms with van der Waals surface area (Å²) >= 11 is 4.86. The lowest BCUT2D eigenvalue weighted by Gasteiger charge is -2.32. The standard InChI is InChI=1S/C13H19N3S.BrH/c14-13(17)15-12-6-8-16(9-7-12)10-11-4-2-1-3-5-11;/h1-5,12H,6-10H2,(H3,14,15,17);1H. The summed E-state index contributed by atoms with van der Waals surface area (Å²) in [6, 6.07) is 11.1. The predicted molar refractivity (Wildman–Crippen MR) is 85.0 cm³/mol. The lowest BCUT2D eigenvalue weighted by atomic mass is 10.0. The number of thiocarbonyl (C=S) groups is 1. The van der Waals surface area contributed by atoms with Crippen LogP contribution in [0.15, 0.2) is 30.3 Å². The number of hydrogen-bond donors (Lipinski definition) is 2. The molecule has 1 fully saturated rings. The van der Waals surface area contributed by atoms with Gasteiger partial charge in [-0.25, -0.2) is 0 Å². The number of halogens is 1. The van der Waals surface area contributed by atoms with Gasteiger partial charge in [-0.2, -0.15) is 0 Å². The molecule has 0 aromatic heterocycles. The molecule has 0 bridgehead atoms. The summed E-state index contributed by atoms with van der Waals surface area (Å²) in [5.41, 5.74) is 6.87. The van der Waals surface area contributed by atoms with Crippen molar-refractivity contribution in [2.24, 2.45) is 5.73 Å². The van der Waals surface area contributed by atoms with Gasteiger partial charge in [0.25, 0.3) is 0 Å². The van der Waals surface area contributed by atoms with Crippen LogP contribution in [0.5, 0.6) is 0 Å². The molecule has 1 saturated heterocycles. The molecule has 1 aliphatic rings. The third kappa shape index (κ3) is 4.92. The van der Waals surface area contributed by atoms with Crippen LogP contribution in [0.2, 0.25) is 0 Å². The minimum absolute atomic E-state index is 0. The molecule has 2 rings (SSSR count). The molecule has 0 atom stereocenters. The fourth-order valence-electron chi connectivity index (χ4n) is 2.28. The average molecular weight is 330 g/mol. The summed E-state index contributed by atoms with van der Waals surface area (Å²) in [6.07, 6.45) is 2.23. The second kappa shape index (κ2) is 7.71. The van der Waals surface area contributed by atoms with Gasteiger partial charge >= 0.3 is 0 Å². The topological polar surface area (TPSA) is 41.3 Å². The lowest BCUT2D eigenvalue weighted by molar-refractivity contribution is 0.199. The van der Waals surface area contributed by atoms with Gasteiger partial charge in [-0.1, -0.05) is 30.3 Å². The Morgan fingerprint density at radius 3 is 2.44 bits per heavy atom. The van der Waals surface area contributed by atoms with Crippen molar-refractivity contribution in [2.45, 2.75) is 25.4 Å². The minimum atomic E-state index is 0. The van der Waals surface area contributed by atoms with Crippen LogP contribution < -0.4 is 11.1 Å². The van der Waals surface area contributed by atoms with E-state index in [0.717, 1.165) is 32.5 Å². The SMILES string of the molecule is Br.NC(=S)NC1CCN(Cc2ccccc2)CC1. The van der Waals surface area contributed by atoms with E-state index >= 15 is 0 Å². The summed E-state index contributed by atoms with van der Waals surface area (Å²) in [6.45, 7) is 3.25. The highest BCUT2D eigenvalue weighted by Gasteiger charge is 2.18. The molecular formula is C13H20BrN3S. The van der Waals surface area contributed by atoms with E-state index < -0.39 is 0 Å². The summed E-state index contributed by atoms with van der Waals surface area (Å²) in [5.74, 6) is 0. The van der Waals surface area contributed by atoms with Crippen LogP contribution >= 0.6 is 29.2 Å². The van der Waals surface area contributed by atoms with E-state index in [1.54, 1.807) is 0 Å². The van der Waals surface area contributed by atoms with Crippen molar-refractivity contribution in [2.75, 3.05) is 13.1 Å². The highest BCUT2D eigenvalue weighted by molar-refractivity contribution is 8.93. The van der Waals surface area contributed by atoms with Crippen LogP contribution in [0.1, 0.15) is 18.4 Å².